The molecule has 0 bridgehead atoms. The fraction of sp³-hybridized carbons (Fsp3) is 1.00. The van der Waals surface area contributed by atoms with Crippen LogP contribution in [0.5, 0.6) is 0 Å². The van der Waals surface area contributed by atoms with Crippen LogP contribution in [0.1, 0.15) is 12.8 Å². The molecule has 1 fully saturated rings. The molecule has 0 aromatic rings. The molecular formula is C6H13NO2. The van der Waals surface area contributed by atoms with E-state index in [1.807, 2.05) is 0 Å². The lowest BCUT2D eigenvalue weighted by Gasteiger charge is -2.07. The summed E-state index contributed by atoms with van der Waals surface area (Å²) in [5, 5.41) is 0. The standard InChI is InChI=1S/C6H13NO2/c1-8-5-9-4-6(7)2-3-6/h2-5,7H2,1H3. The van der Waals surface area contributed by atoms with Gasteiger partial charge in [0.05, 0.1) is 6.61 Å². The van der Waals surface area contributed by atoms with Crippen LogP contribution < -0.4 is 5.73 Å². The van der Waals surface area contributed by atoms with Gasteiger partial charge >= 0.3 is 0 Å². The summed E-state index contributed by atoms with van der Waals surface area (Å²) in [6, 6.07) is 0. The van der Waals surface area contributed by atoms with Crippen molar-refractivity contribution in [2.75, 3.05) is 20.5 Å². The summed E-state index contributed by atoms with van der Waals surface area (Å²) in [5.74, 6) is 0. The van der Waals surface area contributed by atoms with Crippen molar-refractivity contribution in [3.8, 4) is 0 Å². The highest BCUT2D eigenvalue weighted by Crippen LogP contribution is 2.31. The van der Waals surface area contributed by atoms with Gasteiger partial charge in [-0.2, -0.15) is 0 Å². The molecular weight excluding hydrogens is 118 g/mol. The summed E-state index contributed by atoms with van der Waals surface area (Å²) < 4.78 is 9.75. The number of hydrogen-bond acceptors (Lipinski definition) is 3. The van der Waals surface area contributed by atoms with Crippen LogP contribution in [0, 0.1) is 0 Å². The summed E-state index contributed by atoms with van der Waals surface area (Å²) >= 11 is 0. The van der Waals surface area contributed by atoms with Gasteiger partial charge in [-0.1, -0.05) is 0 Å². The monoisotopic (exact) mass is 131 g/mol. The topological polar surface area (TPSA) is 44.5 Å². The third kappa shape index (κ3) is 2.30. The summed E-state index contributed by atoms with van der Waals surface area (Å²) in [5.41, 5.74) is 5.71. The van der Waals surface area contributed by atoms with Crippen LogP contribution in [0.3, 0.4) is 0 Å². The maximum atomic E-state index is 5.71. The van der Waals surface area contributed by atoms with Gasteiger partial charge in [0.25, 0.3) is 0 Å². The maximum Gasteiger partial charge on any atom is 0.146 e. The third-order valence-electron chi connectivity index (χ3n) is 1.48. The first-order chi connectivity index (χ1) is 4.27. The highest BCUT2D eigenvalue weighted by atomic mass is 16.7. The summed E-state index contributed by atoms with van der Waals surface area (Å²) in [6.07, 6.45) is 2.19. The van der Waals surface area contributed by atoms with Gasteiger partial charge in [-0.25, -0.2) is 0 Å². The Morgan fingerprint density at radius 1 is 1.56 bits per heavy atom. The molecule has 0 saturated heterocycles. The van der Waals surface area contributed by atoms with Crippen LogP contribution in [-0.2, 0) is 9.47 Å². The van der Waals surface area contributed by atoms with E-state index >= 15 is 0 Å². The molecule has 1 saturated carbocycles. The molecule has 0 radical (unpaired) electrons. The van der Waals surface area contributed by atoms with Crippen molar-refractivity contribution < 1.29 is 9.47 Å². The van der Waals surface area contributed by atoms with Gasteiger partial charge in [-0.15, -0.1) is 0 Å². The molecule has 0 spiro atoms. The van der Waals surface area contributed by atoms with Gasteiger partial charge in [0.15, 0.2) is 0 Å². The van der Waals surface area contributed by atoms with Crippen molar-refractivity contribution in [2.45, 2.75) is 18.4 Å². The van der Waals surface area contributed by atoms with Crippen LogP contribution in [0.25, 0.3) is 0 Å². The van der Waals surface area contributed by atoms with Crippen molar-refractivity contribution in [3.63, 3.8) is 0 Å². The molecule has 1 aliphatic carbocycles. The van der Waals surface area contributed by atoms with Crippen LogP contribution in [0.15, 0.2) is 0 Å². The molecule has 0 atom stereocenters. The molecule has 0 unspecified atom stereocenters. The smallest absolute Gasteiger partial charge is 0.146 e. The second-order valence-electron chi connectivity index (χ2n) is 2.62. The predicted octanol–water partition coefficient (Wildman–Crippen LogP) is 0.0982. The van der Waals surface area contributed by atoms with Gasteiger partial charge < -0.3 is 15.2 Å². The minimum absolute atomic E-state index is 0.00146. The molecule has 3 heteroatoms. The Labute approximate surface area is 55.1 Å². The van der Waals surface area contributed by atoms with E-state index < -0.39 is 0 Å². The molecule has 0 aromatic heterocycles. The van der Waals surface area contributed by atoms with Crippen LogP contribution >= 0.6 is 0 Å². The molecule has 9 heavy (non-hydrogen) atoms. The minimum Gasteiger partial charge on any atom is -0.359 e. The van der Waals surface area contributed by atoms with Crippen molar-refractivity contribution in [3.05, 3.63) is 0 Å². The number of ether oxygens (including phenoxy) is 2. The first-order valence-electron chi connectivity index (χ1n) is 3.12. The summed E-state index contributed by atoms with van der Waals surface area (Å²) in [4.78, 5) is 0. The molecule has 3 nitrogen and oxygen atoms in total. The quantitative estimate of drug-likeness (QED) is 0.434. The molecule has 54 valence electrons. The van der Waals surface area contributed by atoms with Gasteiger partial charge in [0.1, 0.15) is 6.79 Å². The Kier molecular flexibility index (Phi) is 2.05. The van der Waals surface area contributed by atoms with E-state index in [4.69, 9.17) is 10.5 Å². The van der Waals surface area contributed by atoms with E-state index in [9.17, 15) is 0 Å². The van der Waals surface area contributed by atoms with E-state index in [-0.39, 0.29) is 5.54 Å². The molecule has 1 aliphatic rings. The lowest BCUT2D eigenvalue weighted by atomic mass is 10.3. The minimum atomic E-state index is -0.00146. The van der Waals surface area contributed by atoms with E-state index in [1.165, 1.54) is 0 Å². The molecule has 0 amide bonds. The third-order valence-corrected chi connectivity index (χ3v) is 1.48. The van der Waals surface area contributed by atoms with Gasteiger partial charge in [0.2, 0.25) is 0 Å². The molecule has 2 N–H and O–H groups in total. The highest BCUT2D eigenvalue weighted by molar-refractivity contribution is 4.98. The normalized spacial score (nSPS) is 22.0. The van der Waals surface area contributed by atoms with Gasteiger partial charge in [-0.05, 0) is 12.8 Å². The number of methoxy groups -OCH3 is 1. The molecule has 0 aliphatic heterocycles. The van der Waals surface area contributed by atoms with E-state index in [1.54, 1.807) is 7.11 Å². The lowest BCUT2D eigenvalue weighted by molar-refractivity contribution is -0.0374. The van der Waals surface area contributed by atoms with Crippen LogP contribution in [-0.4, -0.2) is 26.0 Å². The second-order valence-corrected chi connectivity index (χ2v) is 2.62. The molecule has 0 heterocycles. The Morgan fingerprint density at radius 2 is 2.22 bits per heavy atom. The highest BCUT2D eigenvalue weighted by Gasteiger charge is 2.38. The SMILES string of the molecule is COCOCC1(N)CC1. The van der Waals surface area contributed by atoms with Crippen molar-refractivity contribution >= 4 is 0 Å². The predicted molar refractivity (Wildman–Crippen MR) is 34.0 cm³/mol. The average molecular weight is 131 g/mol. The first-order valence-corrected chi connectivity index (χ1v) is 3.12. The zero-order chi connectivity index (χ0) is 6.74. The molecule has 1 rings (SSSR count). The Hall–Kier alpha value is -0.120. The fourth-order valence-electron chi connectivity index (χ4n) is 0.633. The van der Waals surface area contributed by atoms with Crippen molar-refractivity contribution in [1.29, 1.82) is 0 Å². The number of rotatable bonds is 4. The van der Waals surface area contributed by atoms with Crippen molar-refractivity contribution in [1.82, 2.24) is 0 Å². The van der Waals surface area contributed by atoms with Gasteiger partial charge in [0, 0.05) is 12.6 Å². The number of nitrogens with two attached hydrogens (primary N) is 1. The first kappa shape index (κ1) is 6.99. The summed E-state index contributed by atoms with van der Waals surface area (Å²) in [6.45, 7) is 1.000. The lowest BCUT2D eigenvalue weighted by Crippen LogP contribution is -2.28. The average Bonchev–Trinajstić information content (AvgIpc) is 2.50. The maximum absolute atomic E-state index is 5.71. The zero-order valence-electron chi connectivity index (χ0n) is 5.72. The van der Waals surface area contributed by atoms with E-state index in [0.29, 0.717) is 13.4 Å². The van der Waals surface area contributed by atoms with E-state index in [2.05, 4.69) is 4.74 Å². The zero-order valence-corrected chi connectivity index (χ0v) is 5.72. The Balaban J connectivity index is 1.92. The Morgan fingerprint density at radius 3 is 2.67 bits per heavy atom. The molecule has 0 aromatic carbocycles. The van der Waals surface area contributed by atoms with Gasteiger partial charge in [-0.3, -0.25) is 0 Å². The number of hydrogen-bond donors (Lipinski definition) is 1. The van der Waals surface area contributed by atoms with Crippen LogP contribution in [0.2, 0.25) is 0 Å². The van der Waals surface area contributed by atoms with E-state index in [0.717, 1.165) is 12.8 Å². The largest absolute Gasteiger partial charge is 0.359 e. The van der Waals surface area contributed by atoms with Crippen molar-refractivity contribution in [2.24, 2.45) is 5.73 Å². The second kappa shape index (κ2) is 2.64. The summed E-state index contributed by atoms with van der Waals surface area (Å²) in [7, 11) is 1.61. The fourth-order valence-corrected chi connectivity index (χ4v) is 0.633. The van der Waals surface area contributed by atoms with Crippen LogP contribution in [0.4, 0.5) is 0 Å². The Bertz CT molecular complexity index is 91.1.